The highest BCUT2D eigenvalue weighted by Crippen LogP contribution is 2.18. The van der Waals surface area contributed by atoms with Gasteiger partial charge in [-0.15, -0.1) is 0 Å². The molecule has 36 heavy (non-hydrogen) atoms. The largest absolute Gasteiger partial charge is 0.462 e. The first-order valence-corrected chi connectivity index (χ1v) is 12.6. The lowest BCUT2D eigenvalue weighted by Gasteiger charge is -2.18. The Hall–Kier alpha value is -3.18. The smallest absolute Gasteiger partial charge is 0.335 e. The van der Waals surface area contributed by atoms with Gasteiger partial charge in [0.15, 0.2) is 0 Å². The Bertz CT molecular complexity index is 950. The molecule has 0 saturated heterocycles. The number of carbonyl (C=O) groups is 2. The molecule has 0 aliphatic heterocycles. The lowest BCUT2D eigenvalue weighted by molar-refractivity contribution is -0.143. The first-order chi connectivity index (χ1) is 17.2. The van der Waals surface area contributed by atoms with Crippen LogP contribution in [0.1, 0.15) is 57.6 Å². The first-order valence-electron chi connectivity index (χ1n) is 12.6. The molecule has 1 aromatic rings. The van der Waals surface area contributed by atoms with Gasteiger partial charge in [0, 0.05) is 5.57 Å². The second kappa shape index (κ2) is 17.3. The van der Waals surface area contributed by atoms with Crippen LogP contribution in [0.15, 0.2) is 84.5 Å². The summed E-state index contributed by atoms with van der Waals surface area (Å²) in [7, 11) is 0. The molecule has 1 rings (SSSR count). The maximum absolute atomic E-state index is 11.9. The molecule has 196 valence electrons. The zero-order valence-corrected chi connectivity index (χ0v) is 22.2. The van der Waals surface area contributed by atoms with Gasteiger partial charge < -0.3 is 14.6 Å². The molecule has 0 saturated carbocycles. The molecule has 0 bridgehead atoms. The molecule has 0 radical (unpaired) electrons. The van der Waals surface area contributed by atoms with Crippen molar-refractivity contribution in [3.8, 4) is 0 Å². The van der Waals surface area contributed by atoms with Crippen LogP contribution in [0.25, 0.3) is 0 Å². The van der Waals surface area contributed by atoms with E-state index >= 15 is 0 Å². The highest BCUT2D eigenvalue weighted by atomic mass is 16.5. The van der Waals surface area contributed by atoms with Gasteiger partial charge in [-0.25, -0.2) is 9.59 Å². The van der Waals surface area contributed by atoms with Crippen LogP contribution in [-0.4, -0.2) is 36.9 Å². The van der Waals surface area contributed by atoms with Crippen molar-refractivity contribution in [2.24, 2.45) is 5.92 Å². The van der Waals surface area contributed by atoms with Crippen molar-refractivity contribution in [2.75, 3.05) is 19.8 Å². The molecule has 1 unspecified atom stereocenters. The first kappa shape index (κ1) is 30.9. The Morgan fingerprint density at radius 2 is 1.53 bits per heavy atom. The summed E-state index contributed by atoms with van der Waals surface area (Å²) in [6.45, 7) is 16.4. The van der Waals surface area contributed by atoms with Crippen LogP contribution in [-0.2, 0) is 31.9 Å². The highest BCUT2D eigenvalue weighted by molar-refractivity contribution is 5.88. The van der Waals surface area contributed by atoms with E-state index in [4.69, 9.17) is 14.6 Å². The van der Waals surface area contributed by atoms with Crippen molar-refractivity contribution >= 4 is 11.9 Å². The molecule has 0 fully saturated rings. The predicted octanol–water partition coefficient (Wildman–Crippen LogP) is 6.24. The minimum Gasteiger partial charge on any atom is -0.462 e. The maximum atomic E-state index is 11.9. The topological polar surface area (TPSA) is 72.8 Å². The highest BCUT2D eigenvalue weighted by Gasteiger charge is 2.18. The Morgan fingerprint density at radius 1 is 0.944 bits per heavy atom. The van der Waals surface area contributed by atoms with Crippen molar-refractivity contribution in [1.29, 1.82) is 0 Å². The van der Waals surface area contributed by atoms with Crippen LogP contribution < -0.4 is 0 Å². The van der Waals surface area contributed by atoms with Gasteiger partial charge in [-0.3, -0.25) is 0 Å². The number of hydrogen-bond acceptors (Lipinski definition) is 5. The predicted molar refractivity (Wildman–Crippen MR) is 146 cm³/mol. The minimum atomic E-state index is -0.698. The molecule has 5 heteroatoms. The minimum absolute atomic E-state index is 0.0104. The summed E-state index contributed by atoms with van der Waals surface area (Å²) in [4.78, 5) is 23.8. The number of rotatable bonds is 17. The van der Waals surface area contributed by atoms with Crippen LogP contribution in [0.5, 0.6) is 0 Å². The van der Waals surface area contributed by atoms with Crippen LogP contribution in [0.4, 0.5) is 0 Å². The van der Waals surface area contributed by atoms with Gasteiger partial charge >= 0.3 is 11.9 Å². The molecule has 1 N–H and O–H groups in total. The number of benzene rings is 1. The molecule has 1 atom stereocenters. The van der Waals surface area contributed by atoms with Gasteiger partial charge in [-0.1, -0.05) is 87.6 Å². The number of esters is 2. The van der Waals surface area contributed by atoms with E-state index in [-0.39, 0.29) is 24.4 Å². The fourth-order valence-electron chi connectivity index (χ4n) is 3.32. The van der Waals surface area contributed by atoms with Crippen LogP contribution in [0, 0.1) is 5.92 Å². The van der Waals surface area contributed by atoms with Gasteiger partial charge in [-0.2, -0.15) is 0 Å². The van der Waals surface area contributed by atoms with E-state index in [2.05, 4.69) is 57.0 Å². The molecule has 0 spiro atoms. The van der Waals surface area contributed by atoms with Crippen molar-refractivity contribution < 1.29 is 24.2 Å². The number of unbranched alkanes of at least 4 members (excludes halogenated alkanes) is 2. The SMILES string of the molecule is C=C(C)C(=O)OCC(COC(=O)C(=C)CO)C(=C)/C=C\C(=C\C)CCc1ccc(CCCCC)cc1. The normalized spacial score (nSPS) is 12.3. The third kappa shape index (κ3) is 12.0. The van der Waals surface area contributed by atoms with Gasteiger partial charge in [0.2, 0.25) is 0 Å². The van der Waals surface area contributed by atoms with E-state index < -0.39 is 24.5 Å². The summed E-state index contributed by atoms with van der Waals surface area (Å²) in [5.74, 6) is -1.66. The quantitative estimate of drug-likeness (QED) is 0.120. The van der Waals surface area contributed by atoms with E-state index in [1.54, 1.807) is 6.92 Å². The molecule has 1 aromatic carbocycles. The molecule has 0 aromatic heterocycles. The summed E-state index contributed by atoms with van der Waals surface area (Å²) in [6.07, 6.45) is 12.6. The van der Waals surface area contributed by atoms with E-state index in [1.165, 1.54) is 30.4 Å². The van der Waals surface area contributed by atoms with Crippen molar-refractivity contribution in [1.82, 2.24) is 0 Å². The zero-order chi connectivity index (χ0) is 26.9. The molecule has 0 heterocycles. The monoisotopic (exact) mass is 494 g/mol. The Morgan fingerprint density at radius 3 is 2.06 bits per heavy atom. The lowest BCUT2D eigenvalue weighted by atomic mass is 9.98. The van der Waals surface area contributed by atoms with Gasteiger partial charge in [0.25, 0.3) is 0 Å². The Balaban J connectivity index is 2.74. The fraction of sp³-hybridized carbons (Fsp3) is 0.419. The standard InChI is InChI=1S/C31H42O5/c1-7-9-10-11-27-16-18-28(19-17-27)15-14-26(8-2)13-12-24(5)29(21-35-30(33)23(3)4)22-36-31(34)25(6)20-32/h8,12-13,16-19,29,32H,3,5-7,9-11,14-15,20-22H2,1-2,4H3/b13-12-,26-8-. The Labute approximate surface area is 216 Å². The summed E-state index contributed by atoms with van der Waals surface area (Å²) >= 11 is 0. The van der Waals surface area contributed by atoms with Crippen LogP contribution >= 0.6 is 0 Å². The summed E-state index contributed by atoms with van der Waals surface area (Å²) in [5.41, 5.74) is 4.72. The zero-order valence-electron chi connectivity index (χ0n) is 22.2. The number of aryl methyl sites for hydroxylation is 2. The average Bonchev–Trinajstić information content (AvgIpc) is 2.88. The van der Waals surface area contributed by atoms with Crippen LogP contribution in [0.3, 0.4) is 0 Å². The van der Waals surface area contributed by atoms with Crippen molar-refractivity contribution in [3.63, 3.8) is 0 Å². The van der Waals surface area contributed by atoms with E-state index in [1.807, 2.05) is 19.1 Å². The fourth-order valence-corrected chi connectivity index (χ4v) is 3.32. The van der Waals surface area contributed by atoms with E-state index in [9.17, 15) is 9.59 Å². The van der Waals surface area contributed by atoms with Crippen LogP contribution in [0.2, 0.25) is 0 Å². The summed E-state index contributed by atoms with van der Waals surface area (Å²) < 4.78 is 10.5. The molecular weight excluding hydrogens is 452 g/mol. The van der Waals surface area contributed by atoms with Gasteiger partial charge in [0.1, 0.15) is 13.2 Å². The summed E-state index contributed by atoms with van der Waals surface area (Å²) in [6, 6.07) is 8.86. The molecule has 0 amide bonds. The number of allylic oxidation sites excluding steroid dienone is 4. The molecule has 0 aliphatic carbocycles. The maximum Gasteiger partial charge on any atom is 0.335 e. The second-order valence-corrected chi connectivity index (χ2v) is 8.98. The number of hydrogen-bond donors (Lipinski definition) is 1. The molecule has 0 aliphatic rings. The van der Waals surface area contributed by atoms with Gasteiger partial charge in [-0.05, 0) is 56.2 Å². The van der Waals surface area contributed by atoms with E-state index in [0.717, 1.165) is 24.8 Å². The third-order valence-corrected chi connectivity index (χ3v) is 5.86. The number of aliphatic hydroxyl groups is 1. The third-order valence-electron chi connectivity index (χ3n) is 5.86. The average molecular weight is 495 g/mol. The second-order valence-electron chi connectivity index (χ2n) is 8.98. The van der Waals surface area contributed by atoms with Gasteiger partial charge in [0.05, 0.1) is 18.1 Å². The number of ether oxygens (including phenoxy) is 2. The lowest BCUT2D eigenvalue weighted by Crippen LogP contribution is -2.23. The molecule has 5 nitrogen and oxygen atoms in total. The molecular formula is C31H42O5. The Kier molecular flexibility index (Phi) is 14.8. The van der Waals surface area contributed by atoms with Crippen molar-refractivity contribution in [2.45, 2.75) is 59.3 Å². The van der Waals surface area contributed by atoms with Crippen molar-refractivity contribution in [3.05, 3.63) is 95.6 Å². The van der Waals surface area contributed by atoms with E-state index in [0.29, 0.717) is 5.57 Å². The number of aliphatic hydroxyl groups excluding tert-OH is 1. The summed E-state index contributed by atoms with van der Waals surface area (Å²) in [5, 5.41) is 9.06. The number of carbonyl (C=O) groups excluding carboxylic acids is 2.